The van der Waals surface area contributed by atoms with E-state index >= 15 is 0 Å². The number of hydrogen-bond acceptors (Lipinski definition) is 1. The zero-order valence-electron chi connectivity index (χ0n) is 8.78. The van der Waals surface area contributed by atoms with Crippen LogP contribution in [0.2, 0.25) is 0 Å². The molecule has 14 heavy (non-hydrogen) atoms. The first-order chi connectivity index (χ1) is 6.93. The molecule has 0 aliphatic heterocycles. The minimum absolute atomic E-state index is 0.202. The van der Waals surface area contributed by atoms with Crippen molar-refractivity contribution >= 4 is 0 Å². The SMILES string of the molecule is OCC1=CC=CC=CCCCCCC1. The third-order valence-corrected chi connectivity index (χ3v) is 2.51. The number of rotatable bonds is 1. The molecule has 0 saturated heterocycles. The quantitative estimate of drug-likeness (QED) is 0.675. The van der Waals surface area contributed by atoms with Gasteiger partial charge in [0.2, 0.25) is 0 Å². The highest BCUT2D eigenvalue weighted by Gasteiger charge is 1.95. The summed E-state index contributed by atoms with van der Waals surface area (Å²) in [5.41, 5.74) is 1.15. The molecule has 0 unspecified atom stereocenters. The molecule has 0 fully saturated rings. The Morgan fingerprint density at radius 1 is 1.00 bits per heavy atom. The van der Waals surface area contributed by atoms with Gasteiger partial charge in [0.05, 0.1) is 6.61 Å². The fraction of sp³-hybridized carbons (Fsp3) is 0.538. The van der Waals surface area contributed by atoms with E-state index in [2.05, 4.69) is 12.2 Å². The summed E-state index contributed by atoms with van der Waals surface area (Å²) in [4.78, 5) is 0. The molecular weight excluding hydrogens is 172 g/mol. The average molecular weight is 192 g/mol. The molecule has 1 aliphatic rings. The first-order valence-electron chi connectivity index (χ1n) is 5.55. The van der Waals surface area contributed by atoms with E-state index in [0.29, 0.717) is 0 Å². The highest BCUT2D eigenvalue weighted by Crippen LogP contribution is 2.11. The molecule has 0 heterocycles. The first kappa shape index (κ1) is 11.3. The highest BCUT2D eigenvalue weighted by molar-refractivity contribution is 5.17. The second kappa shape index (κ2) is 7.57. The second-order valence-electron chi connectivity index (χ2n) is 3.75. The van der Waals surface area contributed by atoms with E-state index in [1.54, 1.807) is 0 Å². The largest absolute Gasteiger partial charge is 0.392 e. The van der Waals surface area contributed by atoms with Gasteiger partial charge in [0.15, 0.2) is 0 Å². The van der Waals surface area contributed by atoms with Crippen LogP contribution in [0.1, 0.15) is 38.5 Å². The van der Waals surface area contributed by atoms with Crippen LogP contribution in [0.3, 0.4) is 0 Å². The van der Waals surface area contributed by atoms with Crippen LogP contribution in [0, 0.1) is 0 Å². The Labute approximate surface area is 86.8 Å². The third kappa shape index (κ3) is 5.03. The van der Waals surface area contributed by atoms with Gasteiger partial charge in [0.1, 0.15) is 0 Å². The number of aliphatic hydroxyl groups is 1. The summed E-state index contributed by atoms with van der Waals surface area (Å²) in [6.45, 7) is 0.202. The van der Waals surface area contributed by atoms with Crippen LogP contribution in [0.5, 0.6) is 0 Å². The van der Waals surface area contributed by atoms with E-state index in [9.17, 15) is 0 Å². The molecule has 0 aromatic carbocycles. The molecule has 0 atom stereocenters. The predicted octanol–water partition coefficient (Wildman–Crippen LogP) is 3.37. The van der Waals surface area contributed by atoms with E-state index in [4.69, 9.17) is 5.11 Å². The van der Waals surface area contributed by atoms with Crippen molar-refractivity contribution in [3.63, 3.8) is 0 Å². The maximum Gasteiger partial charge on any atom is 0.0644 e. The average Bonchev–Trinajstić information content (AvgIpc) is 2.19. The molecule has 0 amide bonds. The van der Waals surface area contributed by atoms with Gasteiger partial charge in [-0.25, -0.2) is 0 Å². The second-order valence-corrected chi connectivity index (χ2v) is 3.75. The van der Waals surface area contributed by atoms with E-state index < -0.39 is 0 Å². The summed E-state index contributed by atoms with van der Waals surface area (Å²) in [7, 11) is 0. The van der Waals surface area contributed by atoms with Crippen molar-refractivity contribution in [3.8, 4) is 0 Å². The van der Waals surface area contributed by atoms with Crippen LogP contribution in [0.25, 0.3) is 0 Å². The lowest BCUT2D eigenvalue weighted by molar-refractivity contribution is 0.325. The molecule has 0 bridgehead atoms. The van der Waals surface area contributed by atoms with Crippen molar-refractivity contribution in [2.45, 2.75) is 38.5 Å². The molecule has 1 aliphatic carbocycles. The van der Waals surface area contributed by atoms with Gasteiger partial charge in [-0.3, -0.25) is 0 Å². The van der Waals surface area contributed by atoms with Gasteiger partial charge in [-0.05, 0) is 31.3 Å². The normalized spacial score (nSPS) is 19.6. The third-order valence-electron chi connectivity index (χ3n) is 2.51. The van der Waals surface area contributed by atoms with E-state index in [1.165, 1.54) is 32.1 Å². The van der Waals surface area contributed by atoms with Crippen LogP contribution >= 0.6 is 0 Å². The van der Waals surface area contributed by atoms with Crippen LogP contribution in [0.4, 0.5) is 0 Å². The van der Waals surface area contributed by atoms with Gasteiger partial charge >= 0.3 is 0 Å². The first-order valence-corrected chi connectivity index (χ1v) is 5.55. The summed E-state index contributed by atoms with van der Waals surface area (Å²) in [5, 5.41) is 9.08. The van der Waals surface area contributed by atoms with Gasteiger partial charge < -0.3 is 5.11 Å². The number of allylic oxidation sites excluding steroid dienone is 5. The zero-order chi connectivity index (χ0) is 10.1. The minimum atomic E-state index is 0.202. The lowest BCUT2D eigenvalue weighted by Crippen LogP contribution is -1.90. The predicted molar refractivity (Wildman–Crippen MR) is 61.2 cm³/mol. The molecule has 1 N–H and O–H groups in total. The van der Waals surface area contributed by atoms with Crippen molar-refractivity contribution in [2.75, 3.05) is 6.61 Å². The Morgan fingerprint density at radius 2 is 1.86 bits per heavy atom. The molecule has 0 saturated carbocycles. The summed E-state index contributed by atoms with van der Waals surface area (Å²) in [6, 6.07) is 0. The van der Waals surface area contributed by atoms with Crippen molar-refractivity contribution in [3.05, 3.63) is 36.0 Å². The fourth-order valence-corrected chi connectivity index (χ4v) is 1.61. The van der Waals surface area contributed by atoms with Gasteiger partial charge in [-0.15, -0.1) is 0 Å². The van der Waals surface area contributed by atoms with Gasteiger partial charge in [0.25, 0.3) is 0 Å². The van der Waals surface area contributed by atoms with Crippen LogP contribution < -0.4 is 0 Å². The monoisotopic (exact) mass is 192 g/mol. The summed E-state index contributed by atoms with van der Waals surface area (Å²) in [5.74, 6) is 0. The maximum absolute atomic E-state index is 9.08. The Morgan fingerprint density at radius 3 is 2.71 bits per heavy atom. The van der Waals surface area contributed by atoms with E-state index in [-0.39, 0.29) is 6.61 Å². The van der Waals surface area contributed by atoms with E-state index in [0.717, 1.165) is 12.0 Å². The topological polar surface area (TPSA) is 20.2 Å². The molecule has 0 radical (unpaired) electrons. The molecule has 1 nitrogen and oxygen atoms in total. The maximum atomic E-state index is 9.08. The summed E-state index contributed by atoms with van der Waals surface area (Å²) < 4.78 is 0. The van der Waals surface area contributed by atoms with E-state index in [1.807, 2.05) is 18.2 Å². The Bertz CT molecular complexity index is 223. The fourth-order valence-electron chi connectivity index (χ4n) is 1.61. The van der Waals surface area contributed by atoms with Crippen molar-refractivity contribution in [1.82, 2.24) is 0 Å². The number of hydrogen-bond donors (Lipinski definition) is 1. The Hall–Kier alpha value is -0.820. The van der Waals surface area contributed by atoms with Crippen LogP contribution in [-0.2, 0) is 0 Å². The van der Waals surface area contributed by atoms with Crippen molar-refractivity contribution in [1.29, 1.82) is 0 Å². The molecule has 0 spiro atoms. The Kier molecular flexibility index (Phi) is 6.09. The number of aliphatic hydroxyl groups excluding tert-OH is 1. The molecular formula is C13H20O. The van der Waals surface area contributed by atoms with Crippen molar-refractivity contribution < 1.29 is 5.11 Å². The van der Waals surface area contributed by atoms with Gasteiger partial charge in [-0.1, -0.05) is 43.2 Å². The standard InChI is InChI=1S/C13H20O/c14-12-13-10-8-6-4-2-1-3-5-7-9-11-13/h2,4,6,8,10,14H,1,3,5,7,9,11-12H2. The van der Waals surface area contributed by atoms with Crippen LogP contribution in [0.15, 0.2) is 36.0 Å². The van der Waals surface area contributed by atoms with Gasteiger partial charge in [-0.2, -0.15) is 0 Å². The molecule has 1 heteroatoms. The summed E-state index contributed by atoms with van der Waals surface area (Å²) >= 11 is 0. The molecule has 0 aromatic heterocycles. The van der Waals surface area contributed by atoms with Crippen LogP contribution in [-0.4, -0.2) is 11.7 Å². The van der Waals surface area contributed by atoms with Crippen molar-refractivity contribution in [2.24, 2.45) is 0 Å². The summed E-state index contributed by atoms with van der Waals surface area (Å²) in [6.07, 6.45) is 17.7. The van der Waals surface area contributed by atoms with Gasteiger partial charge in [0, 0.05) is 0 Å². The Balaban J connectivity index is 2.50. The molecule has 1 rings (SSSR count). The smallest absolute Gasteiger partial charge is 0.0644 e. The lowest BCUT2D eigenvalue weighted by Gasteiger charge is -2.03. The lowest BCUT2D eigenvalue weighted by atomic mass is 10.0. The zero-order valence-corrected chi connectivity index (χ0v) is 8.78. The molecule has 0 aromatic rings. The minimum Gasteiger partial charge on any atom is -0.392 e. The highest BCUT2D eigenvalue weighted by atomic mass is 16.3. The molecule has 78 valence electrons.